The second-order valence-corrected chi connectivity index (χ2v) is 5.10. The van der Waals surface area contributed by atoms with Crippen LogP contribution in [0.2, 0.25) is 0 Å². The maximum absolute atomic E-state index is 11.8. The van der Waals surface area contributed by atoms with Crippen molar-refractivity contribution >= 4 is 17.7 Å². The summed E-state index contributed by atoms with van der Waals surface area (Å²) in [5.41, 5.74) is 0. The number of nitrogens with zero attached hydrogens (tertiary/aromatic N) is 1. The molecule has 0 unspecified atom stereocenters. The summed E-state index contributed by atoms with van der Waals surface area (Å²) in [6.45, 7) is 2.85. The van der Waals surface area contributed by atoms with E-state index in [9.17, 15) is 14.4 Å². The van der Waals surface area contributed by atoms with Crippen LogP contribution in [0.5, 0.6) is 0 Å². The number of imide groups is 1. The van der Waals surface area contributed by atoms with Crippen molar-refractivity contribution in [1.29, 1.82) is 0 Å². The first-order chi connectivity index (χ1) is 9.08. The Balaban J connectivity index is 1.72. The van der Waals surface area contributed by atoms with E-state index in [-0.39, 0.29) is 55.7 Å². The highest BCUT2D eigenvalue weighted by atomic mass is 16.5. The lowest BCUT2D eigenvalue weighted by Gasteiger charge is -2.20. The van der Waals surface area contributed by atoms with Gasteiger partial charge < -0.3 is 10.1 Å². The summed E-state index contributed by atoms with van der Waals surface area (Å²) in [6.07, 6.45) is 2.78. The van der Waals surface area contributed by atoms with Crippen molar-refractivity contribution in [3.8, 4) is 0 Å². The number of nitrogens with one attached hydrogen (secondary N) is 1. The molecule has 19 heavy (non-hydrogen) atoms. The van der Waals surface area contributed by atoms with Gasteiger partial charge in [-0.2, -0.15) is 0 Å². The number of carbonyl (C=O) groups is 3. The number of hydrogen-bond donors (Lipinski definition) is 1. The zero-order chi connectivity index (χ0) is 13.8. The van der Waals surface area contributed by atoms with Crippen molar-refractivity contribution < 1.29 is 19.1 Å². The molecule has 6 heteroatoms. The van der Waals surface area contributed by atoms with Crippen LogP contribution < -0.4 is 5.32 Å². The molecule has 0 radical (unpaired) electrons. The number of amides is 3. The lowest BCUT2D eigenvalue weighted by Crippen LogP contribution is -2.42. The van der Waals surface area contributed by atoms with Gasteiger partial charge in [0, 0.05) is 32.4 Å². The monoisotopic (exact) mass is 268 g/mol. The molecule has 2 fully saturated rings. The Bertz CT molecular complexity index is 361. The van der Waals surface area contributed by atoms with E-state index in [4.69, 9.17) is 4.74 Å². The predicted octanol–water partition coefficient (Wildman–Crippen LogP) is 0.209. The number of hydrogen-bond acceptors (Lipinski definition) is 4. The first kappa shape index (κ1) is 14.0. The second kappa shape index (κ2) is 6.14. The van der Waals surface area contributed by atoms with Crippen molar-refractivity contribution in [3.05, 3.63) is 0 Å². The third kappa shape index (κ3) is 3.53. The average molecular weight is 268 g/mol. The summed E-state index contributed by atoms with van der Waals surface area (Å²) in [5.74, 6) is -0.495. The molecule has 0 aromatic heterocycles. The molecule has 3 amide bonds. The van der Waals surface area contributed by atoms with Gasteiger partial charge in [0.05, 0.1) is 12.1 Å². The fourth-order valence-corrected chi connectivity index (χ4v) is 2.50. The van der Waals surface area contributed by atoms with Crippen LogP contribution in [-0.4, -0.2) is 47.9 Å². The fourth-order valence-electron chi connectivity index (χ4n) is 2.50. The van der Waals surface area contributed by atoms with Crippen LogP contribution in [0.4, 0.5) is 0 Å². The summed E-state index contributed by atoms with van der Waals surface area (Å²) in [4.78, 5) is 35.7. The molecule has 0 aromatic rings. The molecule has 1 N–H and O–H groups in total. The van der Waals surface area contributed by atoms with Gasteiger partial charge in [0.2, 0.25) is 17.7 Å². The SMILES string of the molecule is C[C@H](NC(=O)CCN1C(=O)CCC1=O)[C@H]1CCCO1. The molecular weight excluding hydrogens is 248 g/mol. The van der Waals surface area contributed by atoms with Gasteiger partial charge in [0.1, 0.15) is 0 Å². The minimum Gasteiger partial charge on any atom is -0.376 e. The molecule has 0 bridgehead atoms. The van der Waals surface area contributed by atoms with E-state index in [0.717, 1.165) is 19.4 Å². The molecule has 2 heterocycles. The zero-order valence-electron chi connectivity index (χ0n) is 11.2. The molecule has 0 saturated carbocycles. The minimum absolute atomic E-state index is 0.0278. The van der Waals surface area contributed by atoms with Crippen LogP contribution >= 0.6 is 0 Å². The van der Waals surface area contributed by atoms with E-state index in [1.165, 1.54) is 4.90 Å². The topological polar surface area (TPSA) is 75.7 Å². The Morgan fingerprint density at radius 1 is 1.42 bits per heavy atom. The Kier molecular flexibility index (Phi) is 4.52. The number of carbonyl (C=O) groups excluding carboxylic acids is 3. The van der Waals surface area contributed by atoms with E-state index in [1.807, 2.05) is 6.92 Å². The van der Waals surface area contributed by atoms with Crippen molar-refractivity contribution in [2.24, 2.45) is 0 Å². The van der Waals surface area contributed by atoms with Crippen LogP contribution in [0.3, 0.4) is 0 Å². The second-order valence-electron chi connectivity index (χ2n) is 5.10. The summed E-state index contributed by atoms with van der Waals surface area (Å²) >= 11 is 0. The van der Waals surface area contributed by atoms with E-state index < -0.39 is 0 Å². The lowest BCUT2D eigenvalue weighted by atomic mass is 10.1. The predicted molar refractivity (Wildman–Crippen MR) is 67.1 cm³/mol. The zero-order valence-corrected chi connectivity index (χ0v) is 11.2. The van der Waals surface area contributed by atoms with E-state index >= 15 is 0 Å². The van der Waals surface area contributed by atoms with Gasteiger partial charge in [0.15, 0.2) is 0 Å². The van der Waals surface area contributed by atoms with Crippen LogP contribution in [0.1, 0.15) is 39.0 Å². The average Bonchev–Trinajstić information content (AvgIpc) is 2.98. The standard InChI is InChI=1S/C13H20N2O4/c1-9(10-3-2-8-19-10)14-11(16)6-7-15-12(17)4-5-13(15)18/h9-10H,2-8H2,1H3,(H,14,16)/t9-,10+/m0/s1. The molecule has 2 saturated heterocycles. The van der Waals surface area contributed by atoms with E-state index in [2.05, 4.69) is 5.32 Å². The highest BCUT2D eigenvalue weighted by Crippen LogP contribution is 2.15. The molecule has 0 spiro atoms. The molecule has 6 nitrogen and oxygen atoms in total. The van der Waals surface area contributed by atoms with E-state index in [1.54, 1.807) is 0 Å². The van der Waals surface area contributed by atoms with Gasteiger partial charge in [-0.3, -0.25) is 19.3 Å². The normalized spacial score (nSPS) is 24.9. The lowest BCUT2D eigenvalue weighted by molar-refractivity contribution is -0.138. The smallest absolute Gasteiger partial charge is 0.229 e. The number of ether oxygens (including phenoxy) is 1. The first-order valence-corrected chi connectivity index (χ1v) is 6.82. The maximum Gasteiger partial charge on any atom is 0.229 e. The highest BCUT2D eigenvalue weighted by molar-refractivity contribution is 6.02. The molecule has 0 aromatic carbocycles. The Labute approximate surface area is 112 Å². The molecule has 0 aliphatic carbocycles. The van der Waals surface area contributed by atoms with Crippen LogP contribution in [-0.2, 0) is 19.1 Å². The van der Waals surface area contributed by atoms with Gasteiger partial charge in [0.25, 0.3) is 0 Å². The van der Waals surface area contributed by atoms with Gasteiger partial charge in [-0.05, 0) is 19.8 Å². The van der Waals surface area contributed by atoms with Crippen LogP contribution in [0, 0.1) is 0 Å². The highest BCUT2D eigenvalue weighted by Gasteiger charge is 2.29. The van der Waals surface area contributed by atoms with Crippen molar-refractivity contribution in [1.82, 2.24) is 10.2 Å². The van der Waals surface area contributed by atoms with E-state index in [0.29, 0.717) is 0 Å². The largest absolute Gasteiger partial charge is 0.376 e. The van der Waals surface area contributed by atoms with Crippen LogP contribution in [0.15, 0.2) is 0 Å². The molecule has 106 valence electrons. The van der Waals surface area contributed by atoms with Gasteiger partial charge >= 0.3 is 0 Å². The van der Waals surface area contributed by atoms with Crippen LogP contribution in [0.25, 0.3) is 0 Å². The molecule has 2 rings (SSSR count). The summed E-state index contributed by atoms with van der Waals surface area (Å²) < 4.78 is 5.49. The molecule has 2 aliphatic heterocycles. The molecule has 2 aliphatic rings. The third-order valence-electron chi connectivity index (χ3n) is 3.63. The third-order valence-corrected chi connectivity index (χ3v) is 3.63. The number of rotatable bonds is 5. The fraction of sp³-hybridized carbons (Fsp3) is 0.769. The van der Waals surface area contributed by atoms with Crippen molar-refractivity contribution in [2.75, 3.05) is 13.2 Å². The van der Waals surface area contributed by atoms with Gasteiger partial charge in [-0.25, -0.2) is 0 Å². The minimum atomic E-state index is -0.176. The van der Waals surface area contributed by atoms with Crippen molar-refractivity contribution in [3.63, 3.8) is 0 Å². The number of likely N-dealkylation sites (tertiary alicyclic amines) is 1. The van der Waals surface area contributed by atoms with Crippen molar-refractivity contribution in [2.45, 2.75) is 51.2 Å². The summed E-state index contributed by atoms with van der Waals surface area (Å²) in [6, 6.07) is -0.0278. The molecule has 2 atom stereocenters. The summed E-state index contributed by atoms with van der Waals surface area (Å²) in [5, 5.41) is 2.86. The summed E-state index contributed by atoms with van der Waals surface area (Å²) in [7, 11) is 0. The van der Waals surface area contributed by atoms with Gasteiger partial charge in [-0.15, -0.1) is 0 Å². The van der Waals surface area contributed by atoms with Gasteiger partial charge in [-0.1, -0.05) is 0 Å². The Morgan fingerprint density at radius 3 is 2.68 bits per heavy atom. The Morgan fingerprint density at radius 2 is 2.11 bits per heavy atom. The first-order valence-electron chi connectivity index (χ1n) is 6.82. The molecular formula is C13H20N2O4. The maximum atomic E-state index is 11.8. The quantitative estimate of drug-likeness (QED) is 0.723. The Hall–Kier alpha value is -1.43.